The predicted octanol–water partition coefficient (Wildman–Crippen LogP) is 7.51. The van der Waals surface area contributed by atoms with Crippen molar-refractivity contribution in [1.29, 1.82) is 0 Å². The number of allylic oxidation sites excluding steroid dienone is 1. The van der Waals surface area contributed by atoms with Crippen LogP contribution in [0.3, 0.4) is 0 Å². The SMILES string of the molecule is CCc1cc(OCC=C(Cl)Cl)cc(C)c1OCCCCCOCC=C(Cl)C(F)(F)F. The van der Waals surface area contributed by atoms with Crippen molar-refractivity contribution >= 4 is 34.8 Å². The van der Waals surface area contributed by atoms with Crippen LogP contribution >= 0.6 is 34.8 Å². The summed E-state index contributed by atoms with van der Waals surface area (Å²) in [6.45, 7) is 5.03. The molecule has 0 aliphatic carbocycles. The number of rotatable bonds is 13. The molecule has 30 heavy (non-hydrogen) atoms. The quantitative estimate of drug-likeness (QED) is 0.268. The van der Waals surface area contributed by atoms with Crippen molar-refractivity contribution in [2.75, 3.05) is 26.4 Å². The number of aryl methyl sites for hydroxylation is 2. The first kappa shape index (κ1) is 27.0. The molecule has 0 unspecified atom stereocenters. The summed E-state index contributed by atoms with van der Waals surface area (Å²) in [5, 5.41) is -1.16. The van der Waals surface area contributed by atoms with E-state index in [1.807, 2.05) is 26.0 Å². The maximum Gasteiger partial charge on any atom is 0.426 e. The average Bonchev–Trinajstić information content (AvgIpc) is 2.66. The van der Waals surface area contributed by atoms with Crippen molar-refractivity contribution in [3.05, 3.63) is 44.9 Å². The largest absolute Gasteiger partial charge is 0.493 e. The Morgan fingerprint density at radius 1 is 0.967 bits per heavy atom. The van der Waals surface area contributed by atoms with E-state index in [0.717, 1.165) is 54.4 Å². The van der Waals surface area contributed by atoms with Gasteiger partial charge in [-0.05, 0) is 68.0 Å². The van der Waals surface area contributed by atoms with Crippen molar-refractivity contribution in [2.24, 2.45) is 0 Å². The van der Waals surface area contributed by atoms with E-state index in [4.69, 9.17) is 49.0 Å². The Bertz CT molecular complexity index is 715. The van der Waals surface area contributed by atoms with Gasteiger partial charge in [0.15, 0.2) is 0 Å². The number of hydrogen-bond acceptors (Lipinski definition) is 3. The molecule has 3 nitrogen and oxygen atoms in total. The molecular formula is C21H26Cl3F3O3. The van der Waals surface area contributed by atoms with E-state index in [9.17, 15) is 13.2 Å². The standard InChI is InChI=1S/C21H26Cl3F3O3/c1-3-16-14-17(29-12-8-19(23)24)13-15(2)20(16)30-10-6-4-5-9-28-11-7-18(22)21(25,26)27/h7-8,13-14H,3-6,9-12H2,1-2H3. The molecule has 0 radical (unpaired) electrons. The maximum absolute atomic E-state index is 12.2. The molecule has 1 rings (SSSR count). The van der Waals surface area contributed by atoms with Crippen LogP contribution in [0, 0.1) is 6.92 Å². The topological polar surface area (TPSA) is 27.7 Å². The molecule has 0 aliphatic rings. The first-order chi connectivity index (χ1) is 14.1. The van der Waals surface area contributed by atoms with E-state index < -0.39 is 11.2 Å². The second-order valence-corrected chi connectivity index (χ2v) is 7.84. The van der Waals surface area contributed by atoms with Crippen LogP contribution in [-0.4, -0.2) is 32.6 Å². The van der Waals surface area contributed by atoms with Crippen LogP contribution in [-0.2, 0) is 11.2 Å². The van der Waals surface area contributed by atoms with Crippen molar-refractivity contribution in [2.45, 2.75) is 45.7 Å². The van der Waals surface area contributed by atoms with Gasteiger partial charge in [-0.1, -0.05) is 41.7 Å². The van der Waals surface area contributed by atoms with Crippen LogP contribution in [0.5, 0.6) is 11.5 Å². The molecule has 0 saturated carbocycles. The number of halogens is 6. The van der Waals surface area contributed by atoms with Gasteiger partial charge in [0.2, 0.25) is 0 Å². The minimum absolute atomic E-state index is 0.158. The zero-order chi connectivity index (χ0) is 22.6. The van der Waals surface area contributed by atoms with Crippen LogP contribution in [0.4, 0.5) is 13.2 Å². The van der Waals surface area contributed by atoms with E-state index >= 15 is 0 Å². The highest BCUT2D eigenvalue weighted by Crippen LogP contribution is 2.30. The lowest BCUT2D eigenvalue weighted by Crippen LogP contribution is -2.08. The van der Waals surface area contributed by atoms with Crippen LogP contribution < -0.4 is 9.47 Å². The second kappa shape index (κ2) is 14.1. The first-order valence-electron chi connectivity index (χ1n) is 9.56. The van der Waals surface area contributed by atoms with Crippen LogP contribution in [0.2, 0.25) is 0 Å². The fourth-order valence-corrected chi connectivity index (χ4v) is 2.74. The maximum atomic E-state index is 12.2. The molecule has 0 saturated heterocycles. The third-order valence-corrected chi connectivity index (χ3v) is 4.70. The van der Waals surface area contributed by atoms with Gasteiger partial charge < -0.3 is 14.2 Å². The van der Waals surface area contributed by atoms with Crippen molar-refractivity contribution in [3.8, 4) is 11.5 Å². The van der Waals surface area contributed by atoms with Crippen LogP contribution in [0.25, 0.3) is 0 Å². The van der Waals surface area contributed by atoms with E-state index in [-0.39, 0.29) is 17.7 Å². The minimum Gasteiger partial charge on any atom is -0.493 e. The van der Waals surface area contributed by atoms with E-state index in [1.54, 1.807) is 6.08 Å². The zero-order valence-corrected chi connectivity index (χ0v) is 19.2. The lowest BCUT2D eigenvalue weighted by Gasteiger charge is -2.15. The van der Waals surface area contributed by atoms with Crippen LogP contribution in [0.1, 0.15) is 37.3 Å². The molecule has 0 heterocycles. The summed E-state index contributed by atoms with van der Waals surface area (Å²) >= 11 is 16.3. The number of ether oxygens (including phenoxy) is 3. The molecule has 0 aliphatic heterocycles. The fraction of sp³-hybridized carbons (Fsp3) is 0.524. The summed E-state index contributed by atoms with van der Waals surface area (Å²) in [5.74, 6) is 1.57. The average molecular weight is 490 g/mol. The summed E-state index contributed by atoms with van der Waals surface area (Å²) in [5.41, 5.74) is 2.02. The molecule has 0 aromatic heterocycles. The predicted molar refractivity (Wildman–Crippen MR) is 116 cm³/mol. The van der Waals surface area contributed by atoms with Gasteiger partial charge in [0, 0.05) is 6.61 Å². The highest BCUT2D eigenvalue weighted by Gasteiger charge is 2.31. The van der Waals surface area contributed by atoms with Gasteiger partial charge in [0.25, 0.3) is 0 Å². The van der Waals surface area contributed by atoms with Gasteiger partial charge in [-0.15, -0.1) is 0 Å². The monoisotopic (exact) mass is 488 g/mol. The Morgan fingerprint density at radius 2 is 1.67 bits per heavy atom. The van der Waals surface area contributed by atoms with Crippen molar-refractivity contribution in [1.82, 2.24) is 0 Å². The molecule has 1 aromatic rings. The summed E-state index contributed by atoms with van der Waals surface area (Å²) in [7, 11) is 0. The minimum atomic E-state index is -4.52. The molecule has 0 N–H and O–H groups in total. The molecule has 9 heteroatoms. The molecule has 0 bridgehead atoms. The third kappa shape index (κ3) is 10.8. The van der Waals surface area contributed by atoms with Gasteiger partial charge in [-0.2, -0.15) is 13.2 Å². The number of benzene rings is 1. The lowest BCUT2D eigenvalue weighted by atomic mass is 10.1. The highest BCUT2D eigenvalue weighted by molar-refractivity contribution is 6.55. The van der Waals surface area contributed by atoms with E-state index in [2.05, 4.69) is 0 Å². The Balaban J connectivity index is 2.35. The third-order valence-electron chi connectivity index (χ3n) is 4.02. The van der Waals surface area contributed by atoms with Gasteiger partial charge in [0.1, 0.15) is 27.6 Å². The summed E-state index contributed by atoms with van der Waals surface area (Å²) < 4.78 is 53.5. The first-order valence-corrected chi connectivity index (χ1v) is 10.7. The Labute approximate surface area is 190 Å². The zero-order valence-electron chi connectivity index (χ0n) is 17.0. The molecule has 170 valence electrons. The molecule has 0 amide bonds. The summed E-state index contributed by atoms with van der Waals surface area (Å²) in [4.78, 5) is 0. The Hall–Kier alpha value is -1.08. The Morgan fingerprint density at radius 3 is 2.30 bits per heavy atom. The van der Waals surface area contributed by atoms with Gasteiger partial charge in [0.05, 0.1) is 13.2 Å². The van der Waals surface area contributed by atoms with Gasteiger partial charge in [-0.25, -0.2) is 0 Å². The van der Waals surface area contributed by atoms with Gasteiger partial charge >= 0.3 is 6.18 Å². The van der Waals surface area contributed by atoms with E-state index in [0.29, 0.717) is 13.2 Å². The fourth-order valence-electron chi connectivity index (χ4n) is 2.55. The van der Waals surface area contributed by atoms with Gasteiger partial charge in [-0.3, -0.25) is 0 Å². The molecule has 0 fully saturated rings. The second-order valence-electron chi connectivity index (χ2n) is 6.42. The van der Waals surface area contributed by atoms with Crippen molar-refractivity contribution in [3.63, 3.8) is 0 Å². The van der Waals surface area contributed by atoms with Crippen LogP contribution in [0.15, 0.2) is 33.8 Å². The highest BCUT2D eigenvalue weighted by atomic mass is 35.5. The molecule has 0 spiro atoms. The lowest BCUT2D eigenvalue weighted by molar-refractivity contribution is -0.0850. The van der Waals surface area contributed by atoms with Crippen molar-refractivity contribution < 1.29 is 27.4 Å². The Kier molecular flexibility index (Phi) is 12.6. The summed E-state index contributed by atoms with van der Waals surface area (Å²) in [6, 6.07) is 3.84. The summed E-state index contributed by atoms with van der Waals surface area (Å²) in [6.07, 6.45) is 1.04. The molecular weight excluding hydrogens is 464 g/mol. The molecule has 1 aromatic carbocycles. The molecule has 0 atom stereocenters. The normalized spacial score (nSPS) is 12.1. The number of unbranched alkanes of at least 4 members (excludes halogenated alkanes) is 2. The number of hydrogen-bond donors (Lipinski definition) is 0. The number of alkyl halides is 3. The smallest absolute Gasteiger partial charge is 0.426 e. The van der Waals surface area contributed by atoms with E-state index in [1.165, 1.54) is 0 Å².